The molecular formula is C17H27N3O4. The Bertz CT molecular complexity index is 594. The summed E-state index contributed by atoms with van der Waals surface area (Å²) in [6, 6.07) is 3.01. The van der Waals surface area contributed by atoms with Crippen LogP contribution in [0.5, 0.6) is 0 Å². The van der Waals surface area contributed by atoms with Gasteiger partial charge < -0.3 is 19.3 Å². The monoisotopic (exact) mass is 337 g/mol. The van der Waals surface area contributed by atoms with E-state index in [4.69, 9.17) is 4.74 Å². The molecule has 0 unspecified atom stereocenters. The standard InChI is InChI=1S/C17H27N3O4/c1-3-15(21)13-18-6-8-19(9-7-18)17(23)14-4-5-16(22)20(12-14)10-11-24-2/h4-5,12,15,21H,3,6-11,13H2,1-2H3/t15-/m1/s1. The van der Waals surface area contributed by atoms with Crippen molar-refractivity contribution in [2.45, 2.75) is 26.0 Å². The molecule has 1 atom stereocenters. The van der Waals surface area contributed by atoms with Gasteiger partial charge in [0.05, 0.1) is 18.3 Å². The third-order valence-corrected chi connectivity index (χ3v) is 4.37. The van der Waals surface area contributed by atoms with Gasteiger partial charge in [-0.1, -0.05) is 6.92 Å². The summed E-state index contributed by atoms with van der Waals surface area (Å²) in [5.41, 5.74) is 0.384. The highest BCUT2D eigenvalue weighted by Gasteiger charge is 2.23. The van der Waals surface area contributed by atoms with Crippen LogP contribution in [0.1, 0.15) is 23.7 Å². The number of aliphatic hydroxyl groups excluding tert-OH is 1. The van der Waals surface area contributed by atoms with Gasteiger partial charge >= 0.3 is 0 Å². The number of aliphatic hydroxyl groups is 1. The SMILES string of the molecule is CC[C@@H](O)CN1CCN(C(=O)c2ccc(=O)n(CCOC)c2)CC1. The number of hydrogen-bond donors (Lipinski definition) is 1. The Labute approximate surface area is 142 Å². The molecule has 1 N–H and O–H groups in total. The van der Waals surface area contributed by atoms with Crippen LogP contribution in [0.25, 0.3) is 0 Å². The predicted molar refractivity (Wildman–Crippen MR) is 91.2 cm³/mol. The second-order valence-electron chi connectivity index (χ2n) is 6.10. The Kier molecular flexibility index (Phi) is 6.96. The van der Waals surface area contributed by atoms with Crippen LogP contribution in [0.3, 0.4) is 0 Å². The first-order valence-corrected chi connectivity index (χ1v) is 8.44. The lowest BCUT2D eigenvalue weighted by atomic mass is 10.2. The number of aromatic nitrogens is 1. The van der Waals surface area contributed by atoms with Crippen LogP contribution in [-0.2, 0) is 11.3 Å². The number of pyridine rings is 1. The molecule has 2 heterocycles. The van der Waals surface area contributed by atoms with Crippen molar-refractivity contribution in [3.8, 4) is 0 Å². The average Bonchev–Trinajstić information content (AvgIpc) is 2.61. The molecule has 0 spiro atoms. The molecular weight excluding hydrogens is 310 g/mol. The molecule has 1 saturated heterocycles. The van der Waals surface area contributed by atoms with Gasteiger partial charge in [-0.15, -0.1) is 0 Å². The number of piperazine rings is 1. The second kappa shape index (κ2) is 8.96. The van der Waals surface area contributed by atoms with Crippen molar-refractivity contribution in [2.75, 3.05) is 46.4 Å². The fourth-order valence-corrected chi connectivity index (χ4v) is 2.77. The van der Waals surface area contributed by atoms with E-state index in [-0.39, 0.29) is 17.6 Å². The summed E-state index contributed by atoms with van der Waals surface area (Å²) < 4.78 is 6.49. The number of ether oxygens (including phenoxy) is 1. The van der Waals surface area contributed by atoms with Crippen LogP contribution < -0.4 is 5.56 Å². The van der Waals surface area contributed by atoms with Crippen molar-refractivity contribution in [1.82, 2.24) is 14.4 Å². The molecule has 1 fully saturated rings. The minimum atomic E-state index is -0.309. The fourth-order valence-electron chi connectivity index (χ4n) is 2.77. The van der Waals surface area contributed by atoms with Crippen molar-refractivity contribution in [2.24, 2.45) is 0 Å². The first-order valence-electron chi connectivity index (χ1n) is 8.44. The van der Waals surface area contributed by atoms with Gasteiger partial charge in [-0.25, -0.2) is 0 Å². The van der Waals surface area contributed by atoms with Crippen LogP contribution in [0.4, 0.5) is 0 Å². The quantitative estimate of drug-likeness (QED) is 0.759. The maximum atomic E-state index is 12.6. The Balaban J connectivity index is 1.96. The predicted octanol–water partition coefficient (Wildman–Crippen LogP) is 0.0234. The highest BCUT2D eigenvalue weighted by atomic mass is 16.5. The zero-order chi connectivity index (χ0) is 17.5. The van der Waals surface area contributed by atoms with Crippen molar-refractivity contribution in [3.63, 3.8) is 0 Å². The van der Waals surface area contributed by atoms with E-state index in [1.807, 2.05) is 6.92 Å². The van der Waals surface area contributed by atoms with E-state index in [9.17, 15) is 14.7 Å². The van der Waals surface area contributed by atoms with Crippen molar-refractivity contribution in [3.05, 3.63) is 34.2 Å². The summed E-state index contributed by atoms with van der Waals surface area (Å²) in [4.78, 5) is 28.4. The number of methoxy groups -OCH3 is 1. The average molecular weight is 337 g/mol. The van der Waals surface area contributed by atoms with Gasteiger partial charge in [0.2, 0.25) is 0 Å². The summed E-state index contributed by atoms with van der Waals surface area (Å²) in [5.74, 6) is -0.0585. The summed E-state index contributed by atoms with van der Waals surface area (Å²) in [6.45, 7) is 6.25. The van der Waals surface area contributed by atoms with E-state index < -0.39 is 0 Å². The molecule has 134 valence electrons. The van der Waals surface area contributed by atoms with E-state index in [0.29, 0.717) is 38.3 Å². The lowest BCUT2D eigenvalue weighted by Crippen LogP contribution is -2.50. The number of amides is 1. The molecule has 1 amide bonds. The van der Waals surface area contributed by atoms with Crippen molar-refractivity contribution < 1.29 is 14.6 Å². The second-order valence-corrected chi connectivity index (χ2v) is 6.10. The molecule has 7 nitrogen and oxygen atoms in total. The molecule has 0 radical (unpaired) electrons. The van der Waals surface area contributed by atoms with Gasteiger partial charge in [0.15, 0.2) is 0 Å². The van der Waals surface area contributed by atoms with Gasteiger partial charge in [-0.2, -0.15) is 0 Å². The smallest absolute Gasteiger partial charge is 0.255 e. The van der Waals surface area contributed by atoms with Gasteiger partial charge in [-0.05, 0) is 12.5 Å². The molecule has 0 aromatic carbocycles. The van der Waals surface area contributed by atoms with Crippen molar-refractivity contribution >= 4 is 5.91 Å². The lowest BCUT2D eigenvalue weighted by molar-refractivity contribution is 0.0523. The normalized spacial score (nSPS) is 17.0. The first kappa shape index (κ1) is 18.6. The van der Waals surface area contributed by atoms with Crippen LogP contribution in [-0.4, -0.2) is 77.9 Å². The molecule has 1 aliphatic heterocycles. The number of nitrogens with zero attached hydrogens (tertiary/aromatic N) is 3. The minimum Gasteiger partial charge on any atom is -0.392 e. The third-order valence-electron chi connectivity index (χ3n) is 4.37. The lowest BCUT2D eigenvalue weighted by Gasteiger charge is -2.35. The van der Waals surface area contributed by atoms with E-state index in [0.717, 1.165) is 19.5 Å². The van der Waals surface area contributed by atoms with Gasteiger partial charge in [0, 0.05) is 58.6 Å². The molecule has 1 aromatic heterocycles. The van der Waals surface area contributed by atoms with Crippen LogP contribution in [0.2, 0.25) is 0 Å². The van der Waals surface area contributed by atoms with Gasteiger partial charge in [0.25, 0.3) is 11.5 Å². The molecule has 0 saturated carbocycles. The zero-order valence-electron chi connectivity index (χ0n) is 14.5. The molecule has 24 heavy (non-hydrogen) atoms. The Morgan fingerprint density at radius 1 is 1.29 bits per heavy atom. The molecule has 0 aliphatic carbocycles. The number of hydrogen-bond acceptors (Lipinski definition) is 5. The Morgan fingerprint density at radius 2 is 2.00 bits per heavy atom. The number of β-amino-alcohol motifs (C(OH)–C–C–N with tert-alkyl or cyclic N) is 1. The zero-order valence-corrected chi connectivity index (χ0v) is 14.5. The van der Waals surface area contributed by atoms with E-state index in [2.05, 4.69) is 4.90 Å². The molecule has 7 heteroatoms. The Hall–Kier alpha value is -1.70. The Morgan fingerprint density at radius 3 is 2.62 bits per heavy atom. The molecule has 1 aliphatic rings. The van der Waals surface area contributed by atoms with E-state index >= 15 is 0 Å². The van der Waals surface area contributed by atoms with Gasteiger partial charge in [-0.3, -0.25) is 14.5 Å². The van der Waals surface area contributed by atoms with Crippen molar-refractivity contribution in [1.29, 1.82) is 0 Å². The third kappa shape index (κ3) is 4.90. The number of rotatable bonds is 7. The summed E-state index contributed by atoms with van der Waals surface area (Å²) >= 11 is 0. The minimum absolute atomic E-state index is 0.0585. The fraction of sp³-hybridized carbons (Fsp3) is 0.647. The molecule has 1 aromatic rings. The highest BCUT2D eigenvalue weighted by Crippen LogP contribution is 2.09. The number of carbonyl (C=O) groups is 1. The van der Waals surface area contributed by atoms with Crippen LogP contribution >= 0.6 is 0 Å². The highest BCUT2D eigenvalue weighted by molar-refractivity contribution is 5.94. The molecule has 2 rings (SSSR count). The van der Waals surface area contributed by atoms with Crippen LogP contribution in [0, 0.1) is 0 Å². The largest absolute Gasteiger partial charge is 0.392 e. The maximum Gasteiger partial charge on any atom is 0.255 e. The summed E-state index contributed by atoms with van der Waals surface area (Å²) in [7, 11) is 1.58. The van der Waals surface area contributed by atoms with E-state index in [1.165, 1.54) is 10.6 Å². The molecule has 0 bridgehead atoms. The number of carbonyl (C=O) groups excluding carboxylic acids is 1. The first-order chi connectivity index (χ1) is 11.5. The van der Waals surface area contributed by atoms with Crippen LogP contribution in [0.15, 0.2) is 23.1 Å². The topological polar surface area (TPSA) is 75.0 Å². The summed E-state index contributed by atoms with van der Waals surface area (Å²) in [6.07, 6.45) is 2.04. The van der Waals surface area contributed by atoms with Gasteiger partial charge in [0.1, 0.15) is 0 Å². The maximum absolute atomic E-state index is 12.6. The summed E-state index contributed by atoms with van der Waals surface area (Å²) in [5, 5.41) is 9.73. The van der Waals surface area contributed by atoms with E-state index in [1.54, 1.807) is 24.3 Å².